The van der Waals surface area contributed by atoms with Gasteiger partial charge in [0.05, 0.1) is 11.1 Å². The molecule has 18 heavy (non-hydrogen) atoms. The number of rotatable bonds is 3. The van der Waals surface area contributed by atoms with Crippen LogP contribution in [0.4, 0.5) is 0 Å². The molecule has 2 atom stereocenters. The van der Waals surface area contributed by atoms with Crippen LogP contribution < -0.4 is 5.32 Å². The van der Waals surface area contributed by atoms with Gasteiger partial charge < -0.3 is 10.4 Å². The number of benzene rings is 1. The molecule has 0 saturated heterocycles. The Morgan fingerprint density at radius 3 is 2.44 bits per heavy atom. The van der Waals surface area contributed by atoms with E-state index in [2.05, 4.69) is 12.2 Å². The van der Waals surface area contributed by atoms with Gasteiger partial charge in [0.2, 0.25) is 0 Å². The molecule has 0 aromatic heterocycles. The molecule has 0 heterocycles. The second-order valence-corrected chi connectivity index (χ2v) is 4.84. The van der Waals surface area contributed by atoms with Crippen molar-refractivity contribution in [2.45, 2.75) is 32.2 Å². The van der Waals surface area contributed by atoms with Gasteiger partial charge in [0.25, 0.3) is 5.91 Å². The molecule has 2 unspecified atom stereocenters. The van der Waals surface area contributed by atoms with Gasteiger partial charge in [-0.05, 0) is 30.9 Å². The first-order valence-electron chi connectivity index (χ1n) is 6.23. The summed E-state index contributed by atoms with van der Waals surface area (Å²) in [6.45, 7) is 2.11. The fourth-order valence-electron chi connectivity index (χ4n) is 2.47. The van der Waals surface area contributed by atoms with E-state index in [4.69, 9.17) is 5.11 Å². The number of amides is 1. The summed E-state index contributed by atoms with van der Waals surface area (Å²) >= 11 is 0. The van der Waals surface area contributed by atoms with Gasteiger partial charge in [0.1, 0.15) is 0 Å². The lowest BCUT2D eigenvalue weighted by Crippen LogP contribution is -2.37. The summed E-state index contributed by atoms with van der Waals surface area (Å²) in [5.41, 5.74) is 0.296. The minimum absolute atomic E-state index is 0.0562. The minimum atomic E-state index is -1.07. The van der Waals surface area contributed by atoms with Gasteiger partial charge >= 0.3 is 5.97 Å². The van der Waals surface area contributed by atoms with E-state index in [-0.39, 0.29) is 23.1 Å². The van der Waals surface area contributed by atoms with Crippen LogP contribution in [0.3, 0.4) is 0 Å². The fourth-order valence-corrected chi connectivity index (χ4v) is 2.47. The van der Waals surface area contributed by atoms with Crippen molar-refractivity contribution in [1.82, 2.24) is 5.32 Å². The van der Waals surface area contributed by atoms with Crippen LogP contribution in [-0.2, 0) is 0 Å². The molecule has 1 amide bonds. The van der Waals surface area contributed by atoms with E-state index >= 15 is 0 Å². The molecule has 1 aliphatic carbocycles. The van der Waals surface area contributed by atoms with Crippen molar-refractivity contribution in [2.75, 3.05) is 0 Å². The molecule has 4 heteroatoms. The molecule has 2 N–H and O–H groups in total. The zero-order chi connectivity index (χ0) is 13.1. The maximum atomic E-state index is 12.1. The Balaban J connectivity index is 2.16. The molecule has 4 nitrogen and oxygen atoms in total. The summed E-state index contributed by atoms with van der Waals surface area (Å²) in [7, 11) is 0. The summed E-state index contributed by atoms with van der Waals surface area (Å²) in [6, 6.07) is 6.48. The van der Waals surface area contributed by atoms with Crippen molar-refractivity contribution in [3.05, 3.63) is 35.4 Å². The van der Waals surface area contributed by atoms with Crippen molar-refractivity contribution < 1.29 is 14.7 Å². The standard InChI is InChI=1S/C14H17NO3/c1-9-5-4-8-12(9)15-13(16)10-6-2-3-7-11(10)14(17)18/h2-3,6-7,9,12H,4-5,8H2,1H3,(H,15,16)(H,17,18). The first kappa shape index (κ1) is 12.6. The molecule has 96 valence electrons. The lowest BCUT2D eigenvalue weighted by Gasteiger charge is -2.17. The van der Waals surface area contributed by atoms with E-state index in [1.807, 2.05) is 0 Å². The molecule has 1 saturated carbocycles. The van der Waals surface area contributed by atoms with E-state index < -0.39 is 5.97 Å². The Labute approximate surface area is 106 Å². The molecule has 0 radical (unpaired) electrons. The number of carboxylic acids is 1. The Kier molecular flexibility index (Phi) is 3.65. The quantitative estimate of drug-likeness (QED) is 0.861. The smallest absolute Gasteiger partial charge is 0.336 e. The maximum Gasteiger partial charge on any atom is 0.336 e. The second-order valence-electron chi connectivity index (χ2n) is 4.84. The summed E-state index contributed by atoms with van der Waals surface area (Å²) in [5.74, 6) is -0.891. The van der Waals surface area contributed by atoms with Crippen molar-refractivity contribution in [3.8, 4) is 0 Å². The molecule has 1 fully saturated rings. The van der Waals surface area contributed by atoms with Crippen molar-refractivity contribution in [1.29, 1.82) is 0 Å². The van der Waals surface area contributed by atoms with E-state index in [1.165, 1.54) is 6.07 Å². The van der Waals surface area contributed by atoms with Crippen molar-refractivity contribution in [3.63, 3.8) is 0 Å². The molecular formula is C14H17NO3. The van der Waals surface area contributed by atoms with Gasteiger partial charge in [-0.15, -0.1) is 0 Å². The third-order valence-corrected chi connectivity index (χ3v) is 3.58. The normalized spacial score (nSPS) is 22.7. The molecule has 2 rings (SSSR count). The summed E-state index contributed by atoms with van der Waals surface area (Å²) in [6.07, 6.45) is 3.21. The van der Waals surface area contributed by atoms with Gasteiger partial charge in [-0.2, -0.15) is 0 Å². The number of nitrogens with one attached hydrogen (secondary N) is 1. The molecule has 1 aliphatic rings. The maximum absolute atomic E-state index is 12.1. The van der Waals surface area contributed by atoms with Crippen LogP contribution in [0, 0.1) is 5.92 Å². The zero-order valence-corrected chi connectivity index (χ0v) is 10.3. The number of aromatic carboxylic acids is 1. The monoisotopic (exact) mass is 247 g/mol. The van der Waals surface area contributed by atoms with Crippen LogP contribution in [0.1, 0.15) is 46.9 Å². The Bertz CT molecular complexity index is 470. The predicted octanol–water partition coefficient (Wildman–Crippen LogP) is 2.30. The van der Waals surface area contributed by atoms with Crippen molar-refractivity contribution >= 4 is 11.9 Å². The van der Waals surface area contributed by atoms with Crippen LogP contribution in [0.5, 0.6) is 0 Å². The van der Waals surface area contributed by atoms with E-state index in [1.54, 1.807) is 18.2 Å². The Morgan fingerprint density at radius 1 is 1.22 bits per heavy atom. The highest BCUT2D eigenvalue weighted by Gasteiger charge is 2.26. The first-order valence-corrected chi connectivity index (χ1v) is 6.23. The van der Waals surface area contributed by atoms with Crippen molar-refractivity contribution in [2.24, 2.45) is 5.92 Å². The summed E-state index contributed by atoms with van der Waals surface area (Å²) in [5, 5.41) is 12.0. The number of carbonyl (C=O) groups excluding carboxylic acids is 1. The number of carbonyl (C=O) groups is 2. The molecular weight excluding hydrogens is 230 g/mol. The van der Waals surface area contributed by atoms with E-state index in [0.29, 0.717) is 5.92 Å². The van der Waals surface area contributed by atoms with E-state index in [9.17, 15) is 9.59 Å². The van der Waals surface area contributed by atoms with Crippen LogP contribution in [0.25, 0.3) is 0 Å². The van der Waals surface area contributed by atoms with Gasteiger partial charge in [-0.3, -0.25) is 4.79 Å². The van der Waals surface area contributed by atoms with Crippen LogP contribution >= 0.6 is 0 Å². The number of hydrogen-bond donors (Lipinski definition) is 2. The number of hydrogen-bond acceptors (Lipinski definition) is 2. The molecule has 0 spiro atoms. The highest BCUT2D eigenvalue weighted by atomic mass is 16.4. The lowest BCUT2D eigenvalue weighted by molar-refractivity contribution is 0.0690. The average Bonchev–Trinajstić information content (AvgIpc) is 2.75. The third-order valence-electron chi connectivity index (χ3n) is 3.58. The summed E-state index contributed by atoms with van der Waals surface area (Å²) in [4.78, 5) is 23.1. The van der Waals surface area contributed by atoms with Crippen LogP contribution in [0.2, 0.25) is 0 Å². The second kappa shape index (κ2) is 5.21. The van der Waals surface area contributed by atoms with Gasteiger partial charge in [-0.1, -0.05) is 25.5 Å². The predicted molar refractivity (Wildman–Crippen MR) is 67.7 cm³/mol. The first-order chi connectivity index (χ1) is 8.59. The van der Waals surface area contributed by atoms with Crippen LogP contribution in [-0.4, -0.2) is 23.0 Å². The SMILES string of the molecule is CC1CCCC1NC(=O)c1ccccc1C(=O)O. The minimum Gasteiger partial charge on any atom is -0.478 e. The topological polar surface area (TPSA) is 66.4 Å². The van der Waals surface area contributed by atoms with Crippen LogP contribution in [0.15, 0.2) is 24.3 Å². The largest absolute Gasteiger partial charge is 0.478 e. The molecule has 1 aromatic carbocycles. The summed E-state index contributed by atoms with van der Waals surface area (Å²) < 4.78 is 0. The van der Waals surface area contributed by atoms with Gasteiger partial charge in [0, 0.05) is 6.04 Å². The van der Waals surface area contributed by atoms with Gasteiger partial charge in [0.15, 0.2) is 0 Å². The Hall–Kier alpha value is -1.84. The Morgan fingerprint density at radius 2 is 1.89 bits per heavy atom. The molecule has 0 aliphatic heterocycles. The lowest BCUT2D eigenvalue weighted by atomic mass is 10.0. The zero-order valence-electron chi connectivity index (χ0n) is 10.3. The van der Waals surface area contributed by atoms with Gasteiger partial charge in [-0.25, -0.2) is 4.79 Å². The highest BCUT2D eigenvalue weighted by molar-refractivity contribution is 6.04. The molecule has 1 aromatic rings. The average molecular weight is 247 g/mol. The number of carboxylic acid groups (broad SMARTS) is 1. The highest BCUT2D eigenvalue weighted by Crippen LogP contribution is 2.25. The third kappa shape index (κ3) is 2.53. The fraction of sp³-hybridized carbons (Fsp3) is 0.429. The molecule has 0 bridgehead atoms. The van der Waals surface area contributed by atoms with E-state index in [0.717, 1.165) is 19.3 Å².